The first-order valence-electron chi connectivity index (χ1n) is 23.1. The molecule has 6 aromatic rings. The van der Waals surface area contributed by atoms with Gasteiger partial charge >= 0.3 is 0 Å². The Bertz CT molecular complexity index is 2570. The second-order valence-corrected chi connectivity index (χ2v) is 17.4. The number of fused-ring (bicyclic) bond motifs is 3. The number of nitrogens with zero attached hydrogens (tertiary/aromatic N) is 6. The van der Waals surface area contributed by atoms with Crippen LogP contribution in [0.5, 0.6) is 0 Å². The number of carbonyl (C=O) groups is 2. The molecule has 12 heteroatoms. The van der Waals surface area contributed by atoms with Gasteiger partial charge in [0.25, 0.3) is 5.92 Å². The number of hydrogen-bond acceptors (Lipinski definition) is 6. The van der Waals surface area contributed by atoms with Crippen molar-refractivity contribution in [3.8, 4) is 33.6 Å². The predicted octanol–water partition coefficient (Wildman–Crippen LogP) is 9.97. The van der Waals surface area contributed by atoms with E-state index in [0.717, 1.165) is 89.4 Å². The monoisotopic (exact) mass is 864 g/mol. The molecule has 0 spiro atoms. The Balaban J connectivity index is 0.917. The first kappa shape index (κ1) is 43.3. The number of alkyl halides is 2. The highest BCUT2D eigenvalue weighted by Crippen LogP contribution is 2.44. The van der Waals surface area contributed by atoms with E-state index >= 15 is 8.78 Å². The van der Waals surface area contributed by atoms with Crippen LogP contribution in [0.3, 0.4) is 0 Å². The smallest absolute Gasteiger partial charge is 0.267 e. The largest absolute Gasteiger partial charge is 0.344 e. The van der Waals surface area contributed by atoms with Crippen molar-refractivity contribution in [2.75, 3.05) is 39.3 Å². The number of aryl methyl sites for hydroxylation is 2. The molecule has 1 aliphatic carbocycles. The minimum atomic E-state index is -3.04. The molecular weight excluding hydrogens is 807 g/mol. The van der Waals surface area contributed by atoms with Crippen LogP contribution in [0, 0.1) is 0 Å². The first-order chi connectivity index (χ1) is 31.1. The van der Waals surface area contributed by atoms with Crippen LogP contribution >= 0.6 is 0 Å². The zero-order valence-corrected chi connectivity index (χ0v) is 37.2. The summed E-state index contributed by atoms with van der Waals surface area (Å²) in [6, 6.07) is 32.3. The Labute approximate surface area is 374 Å². The molecule has 2 N–H and O–H groups in total. The number of likely N-dealkylation sites (tertiary alicyclic amines) is 2. The summed E-state index contributed by atoms with van der Waals surface area (Å²) in [7, 11) is 0. The highest BCUT2D eigenvalue weighted by molar-refractivity contribution is 5.85. The fourth-order valence-electron chi connectivity index (χ4n) is 10.3. The number of benzene rings is 4. The number of halogens is 2. The molecule has 10 nitrogen and oxygen atoms in total. The lowest BCUT2D eigenvalue weighted by molar-refractivity contribution is -0.140. The van der Waals surface area contributed by atoms with Gasteiger partial charge in [-0.25, -0.2) is 18.7 Å². The quantitative estimate of drug-likeness (QED) is 0.113. The van der Waals surface area contributed by atoms with Gasteiger partial charge in [-0.15, -0.1) is 0 Å². The molecule has 0 unspecified atom stereocenters. The van der Waals surface area contributed by atoms with E-state index in [9.17, 15) is 9.59 Å². The van der Waals surface area contributed by atoms with E-state index in [-0.39, 0.29) is 23.9 Å². The van der Waals surface area contributed by atoms with Crippen molar-refractivity contribution in [2.45, 2.75) is 89.9 Å². The van der Waals surface area contributed by atoms with Crippen molar-refractivity contribution >= 4 is 11.8 Å². The summed E-state index contributed by atoms with van der Waals surface area (Å²) in [4.78, 5) is 53.1. The number of aromatic nitrogens is 4. The topological polar surface area (TPSA) is 104 Å². The molecule has 64 heavy (non-hydrogen) atoms. The van der Waals surface area contributed by atoms with E-state index in [1.165, 1.54) is 10.5 Å². The average molecular weight is 865 g/mol. The van der Waals surface area contributed by atoms with E-state index in [4.69, 9.17) is 4.98 Å². The fourth-order valence-corrected chi connectivity index (χ4v) is 10.3. The summed E-state index contributed by atoms with van der Waals surface area (Å²) in [5.41, 5.74) is 9.97. The van der Waals surface area contributed by atoms with Gasteiger partial charge in [0.15, 0.2) is 0 Å². The molecule has 4 atom stereocenters. The summed E-state index contributed by atoms with van der Waals surface area (Å²) in [6.45, 7) is 11.0. The van der Waals surface area contributed by atoms with Crippen LogP contribution < -0.4 is 0 Å². The van der Waals surface area contributed by atoms with Crippen LogP contribution in [0.2, 0.25) is 0 Å². The summed E-state index contributed by atoms with van der Waals surface area (Å²) in [6.07, 6.45) is 4.71. The molecule has 2 fully saturated rings. The summed E-state index contributed by atoms with van der Waals surface area (Å²) >= 11 is 0. The number of nitrogens with one attached hydrogen (secondary N) is 2. The highest BCUT2D eigenvalue weighted by Gasteiger charge is 2.50. The molecular formula is C52H58F2N8O2. The molecule has 332 valence electrons. The van der Waals surface area contributed by atoms with E-state index in [1.54, 1.807) is 6.20 Å². The molecule has 3 aliphatic rings. The molecule has 0 saturated carbocycles. The number of imidazole rings is 2. The molecule has 0 radical (unpaired) electrons. The number of carbonyl (C=O) groups excluding carboxylic acids is 2. The lowest BCUT2D eigenvalue weighted by Gasteiger charge is -2.34. The standard InChI is InChI=1S/C52H58F2N8O2/c1-5-59(6-2)46(36-16-11-9-12-17-36)50(63)61-29-15-20-43(61)49-56-41-28-26-39-30-38(25-27-40(39)45(41)58-49)34-21-23-35(24-22-34)42-32-55-48(57-42)44-31-52(53,54)33-62(44)51(64)47(60(7-3)8-4)37-18-13-10-14-19-37/h9-14,16-19,21-25,27,30,32,43-44,46-47H,5-8,15,20,26,28-29,31,33H2,1-4H3,(H,55,57)(H,56,58)/t43-,44-,46+,47+/m0/s1. The third-order valence-corrected chi connectivity index (χ3v) is 13.7. The number of H-pyrrole nitrogens is 2. The van der Waals surface area contributed by atoms with E-state index in [0.29, 0.717) is 31.2 Å². The van der Waals surface area contributed by atoms with Crippen molar-refractivity contribution in [1.29, 1.82) is 0 Å². The summed E-state index contributed by atoms with van der Waals surface area (Å²) < 4.78 is 30.4. The van der Waals surface area contributed by atoms with Gasteiger partial charge in [0.1, 0.15) is 23.7 Å². The number of amides is 2. The van der Waals surface area contributed by atoms with Gasteiger partial charge in [-0.05, 0) is 85.2 Å². The molecule has 9 rings (SSSR count). The van der Waals surface area contributed by atoms with Gasteiger partial charge in [-0.1, -0.05) is 131 Å². The zero-order chi connectivity index (χ0) is 44.5. The molecule has 0 bridgehead atoms. The number of hydrogen-bond donors (Lipinski definition) is 2. The van der Waals surface area contributed by atoms with Crippen molar-refractivity contribution in [2.24, 2.45) is 0 Å². The van der Waals surface area contributed by atoms with Gasteiger partial charge in [0.05, 0.1) is 36.2 Å². The second-order valence-electron chi connectivity index (χ2n) is 17.4. The van der Waals surface area contributed by atoms with E-state index in [2.05, 4.69) is 81.1 Å². The van der Waals surface area contributed by atoms with Gasteiger partial charge in [-0.3, -0.25) is 19.4 Å². The lowest BCUT2D eigenvalue weighted by atomic mass is 9.89. The third-order valence-electron chi connectivity index (χ3n) is 13.7. The van der Waals surface area contributed by atoms with Gasteiger partial charge in [-0.2, -0.15) is 0 Å². The van der Waals surface area contributed by atoms with Crippen molar-refractivity contribution < 1.29 is 18.4 Å². The second kappa shape index (κ2) is 18.3. The lowest BCUT2D eigenvalue weighted by Crippen LogP contribution is -2.43. The van der Waals surface area contributed by atoms with Crippen molar-refractivity contribution in [1.82, 2.24) is 39.5 Å². The summed E-state index contributed by atoms with van der Waals surface area (Å²) in [5.74, 6) is -2.02. The maximum atomic E-state index is 15.2. The molecule has 4 aromatic carbocycles. The van der Waals surface area contributed by atoms with Crippen LogP contribution in [0.15, 0.2) is 109 Å². The number of aromatic amines is 2. The molecule has 2 saturated heterocycles. The first-order valence-corrected chi connectivity index (χ1v) is 23.1. The van der Waals surface area contributed by atoms with Gasteiger partial charge in [0.2, 0.25) is 11.8 Å². The van der Waals surface area contributed by atoms with Gasteiger partial charge in [0, 0.05) is 24.2 Å². The van der Waals surface area contributed by atoms with Crippen molar-refractivity contribution in [3.05, 3.63) is 143 Å². The predicted molar refractivity (Wildman–Crippen MR) is 246 cm³/mol. The molecule has 2 aromatic heterocycles. The zero-order valence-electron chi connectivity index (χ0n) is 37.2. The van der Waals surface area contributed by atoms with Crippen LogP contribution in [0.25, 0.3) is 33.6 Å². The Morgan fingerprint density at radius 2 is 1.31 bits per heavy atom. The fraction of sp³-hybridized carbons (Fsp3) is 0.385. The minimum absolute atomic E-state index is 0.0999. The average Bonchev–Trinajstić information content (AvgIpc) is 4.16. The summed E-state index contributed by atoms with van der Waals surface area (Å²) in [5, 5.41) is 0. The number of rotatable bonds is 14. The Morgan fingerprint density at radius 3 is 1.94 bits per heavy atom. The molecule has 2 amide bonds. The normalized spacial score (nSPS) is 18.9. The van der Waals surface area contributed by atoms with Crippen LogP contribution in [0.4, 0.5) is 8.78 Å². The SMILES string of the molecule is CCN(CC)[C@@H](C(=O)N1CC(F)(F)C[C@H]1c1ncc(-c2ccc(-c3ccc4c(c3)CCc3[nH]c([C@@H]5CCCN5C(=O)[C@@H](c5ccccc5)N(CC)CC)nc3-4)cc2)[nH]1)c1ccccc1. The maximum absolute atomic E-state index is 15.2. The Morgan fingerprint density at radius 1 is 0.719 bits per heavy atom. The van der Waals surface area contributed by atoms with Crippen LogP contribution in [0.1, 0.15) is 105 Å². The third kappa shape index (κ3) is 8.29. The van der Waals surface area contributed by atoms with E-state index < -0.39 is 31.0 Å². The Kier molecular flexibility index (Phi) is 12.3. The van der Waals surface area contributed by atoms with Crippen LogP contribution in [-0.2, 0) is 22.4 Å². The minimum Gasteiger partial charge on any atom is -0.344 e. The van der Waals surface area contributed by atoms with Crippen LogP contribution in [-0.4, -0.2) is 96.5 Å². The molecule has 2 aliphatic heterocycles. The van der Waals surface area contributed by atoms with Gasteiger partial charge < -0.3 is 19.8 Å². The molecule has 4 heterocycles. The van der Waals surface area contributed by atoms with Crippen molar-refractivity contribution in [3.63, 3.8) is 0 Å². The van der Waals surface area contributed by atoms with E-state index in [1.807, 2.05) is 79.4 Å². The Hall–Kier alpha value is -5.98. The maximum Gasteiger partial charge on any atom is 0.267 e. The highest BCUT2D eigenvalue weighted by atomic mass is 19.3. The number of likely N-dealkylation sites (N-methyl/N-ethyl adjacent to an activating group) is 2.